The number of carbonyl (C=O) groups excluding carboxylic acids is 3. The van der Waals surface area contributed by atoms with Gasteiger partial charge >= 0.3 is 5.97 Å². The van der Waals surface area contributed by atoms with Crippen molar-refractivity contribution >= 4 is 46.3 Å². The Hall–Kier alpha value is -4.45. The minimum atomic E-state index is -3.40. The third-order valence-corrected chi connectivity index (χ3v) is 8.49. The van der Waals surface area contributed by atoms with Gasteiger partial charge in [0.15, 0.2) is 0 Å². The zero-order chi connectivity index (χ0) is 30.0. The van der Waals surface area contributed by atoms with Gasteiger partial charge in [-0.3, -0.25) is 19.2 Å². The van der Waals surface area contributed by atoms with Crippen LogP contribution in [0.1, 0.15) is 33.8 Å². The van der Waals surface area contributed by atoms with Gasteiger partial charge in [0.25, 0.3) is 11.8 Å². The van der Waals surface area contributed by atoms with Gasteiger partial charge in [0.05, 0.1) is 11.4 Å². The number of rotatable bonds is 5. The van der Waals surface area contributed by atoms with E-state index in [-0.39, 0.29) is 44.0 Å². The second kappa shape index (κ2) is 11.8. The second-order valence-electron chi connectivity index (χ2n) is 10.1. The maximum Gasteiger partial charge on any atom is 0.312 e. The molecule has 0 radical (unpaired) electrons. The van der Waals surface area contributed by atoms with E-state index in [1.165, 1.54) is 32.1 Å². The van der Waals surface area contributed by atoms with Gasteiger partial charge in [-0.1, -0.05) is 48.5 Å². The topological polar surface area (TPSA) is 111 Å². The lowest BCUT2D eigenvalue weighted by Gasteiger charge is -2.34. The largest absolute Gasteiger partial charge is 0.481 e. The maximum absolute atomic E-state index is 15.7. The van der Waals surface area contributed by atoms with Crippen molar-refractivity contribution in [3.8, 4) is 10.6 Å². The summed E-state index contributed by atoms with van der Waals surface area (Å²) < 4.78 is 31.3. The first kappa shape index (κ1) is 29.1. The molecular weight excluding hydrogens is 566 g/mol. The van der Waals surface area contributed by atoms with E-state index in [4.69, 9.17) is 5.11 Å². The predicted molar refractivity (Wildman–Crippen MR) is 153 cm³/mol. The molecule has 9 nitrogen and oxygen atoms in total. The minimum absolute atomic E-state index is 0.0835. The van der Waals surface area contributed by atoms with Crippen LogP contribution < -0.4 is 4.90 Å². The Morgan fingerprint density at radius 2 is 1.60 bits per heavy atom. The number of hydrogen-bond acceptors (Lipinski definition) is 6. The number of carboxylic acid groups (broad SMARTS) is 1. The van der Waals surface area contributed by atoms with Crippen LogP contribution in [-0.4, -0.2) is 82.2 Å². The molecule has 2 aliphatic rings. The van der Waals surface area contributed by atoms with Gasteiger partial charge in [0, 0.05) is 61.9 Å². The Morgan fingerprint density at radius 3 is 2.29 bits per heavy atom. The highest BCUT2D eigenvalue weighted by atomic mass is 32.1. The summed E-state index contributed by atoms with van der Waals surface area (Å²) in [5.74, 6) is -6.29. The van der Waals surface area contributed by atoms with E-state index in [1.54, 1.807) is 25.1 Å². The van der Waals surface area contributed by atoms with Gasteiger partial charge in [-0.2, -0.15) is 0 Å². The molecule has 0 bridgehead atoms. The Bertz CT molecular complexity index is 1560. The molecule has 2 aliphatic heterocycles. The summed E-state index contributed by atoms with van der Waals surface area (Å²) in [5, 5.41) is 9.50. The minimum Gasteiger partial charge on any atom is -0.481 e. The van der Waals surface area contributed by atoms with E-state index in [0.717, 1.165) is 11.6 Å². The molecule has 3 aromatic rings. The van der Waals surface area contributed by atoms with E-state index in [1.807, 2.05) is 30.3 Å². The van der Waals surface area contributed by atoms with E-state index >= 15 is 8.78 Å². The van der Waals surface area contributed by atoms with Gasteiger partial charge in [0.2, 0.25) is 11.8 Å². The first-order valence-electron chi connectivity index (χ1n) is 13.4. The Labute approximate surface area is 244 Å². The van der Waals surface area contributed by atoms with Crippen molar-refractivity contribution in [3.63, 3.8) is 0 Å². The lowest BCUT2D eigenvalue weighted by atomic mass is 9.96. The van der Waals surface area contributed by atoms with Crippen molar-refractivity contribution in [3.05, 3.63) is 76.8 Å². The SMILES string of the molecule is Cc1nc(-c2ccccc2)sc1C(=O)N1CCC(F)(F)C(=CC(=O)N2CCN(C(=O)CC(=O)O)CC2)c2ccccc21. The number of benzene rings is 2. The molecule has 1 fully saturated rings. The van der Waals surface area contributed by atoms with Crippen LogP contribution in [-0.2, 0) is 14.4 Å². The molecule has 1 saturated heterocycles. The smallest absolute Gasteiger partial charge is 0.312 e. The van der Waals surface area contributed by atoms with Crippen LogP contribution in [0, 0.1) is 6.92 Å². The molecule has 1 N–H and O–H groups in total. The average molecular weight is 595 g/mol. The molecule has 0 atom stereocenters. The van der Waals surface area contributed by atoms with Gasteiger partial charge in [-0.25, -0.2) is 13.8 Å². The molecule has 218 valence electrons. The van der Waals surface area contributed by atoms with Crippen molar-refractivity contribution in [1.82, 2.24) is 14.8 Å². The molecule has 42 heavy (non-hydrogen) atoms. The standard InChI is InChI=1S/C30H28F2N4O5S/c1-19-27(42-28(33-19)20-7-3-2-4-8-20)29(41)36-12-11-30(31,32)22(21-9-5-6-10-23(21)36)17-24(37)34-13-15-35(16-14-34)25(38)18-26(39)40/h2-10,17H,11-16,18H2,1H3,(H,39,40). The lowest BCUT2D eigenvalue weighted by molar-refractivity contribution is -0.146. The zero-order valence-corrected chi connectivity index (χ0v) is 23.6. The molecule has 3 amide bonds. The number of aryl methyl sites for hydroxylation is 1. The van der Waals surface area contributed by atoms with Gasteiger partial charge in [-0.05, 0) is 13.0 Å². The number of halogens is 2. The number of amides is 3. The highest BCUT2D eigenvalue weighted by Crippen LogP contribution is 2.44. The molecule has 12 heteroatoms. The Kier molecular flexibility index (Phi) is 8.17. The van der Waals surface area contributed by atoms with Gasteiger partial charge in [-0.15, -0.1) is 11.3 Å². The molecule has 0 spiro atoms. The highest BCUT2D eigenvalue weighted by Gasteiger charge is 2.42. The summed E-state index contributed by atoms with van der Waals surface area (Å²) in [6.45, 7) is 1.83. The number of para-hydroxylation sites is 1. The molecular formula is C30H28F2N4O5S. The van der Waals surface area contributed by atoms with Crippen molar-refractivity contribution < 1.29 is 33.1 Å². The molecule has 3 heterocycles. The third kappa shape index (κ3) is 5.94. The number of allylic oxidation sites excluding steroid dienone is 1. The van der Waals surface area contributed by atoms with Crippen LogP contribution in [0.15, 0.2) is 60.7 Å². The highest BCUT2D eigenvalue weighted by molar-refractivity contribution is 7.17. The monoisotopic (exact) mass is 594 g/mol. The average Bonchev–Trinajstić information content (AvgIpc) is 3.33. The number of aliphatic carboxylic acids is 1. The summed E-state index contributed by atoms with van der Waals surface area (Å²) in [6, 6.07) is 15.7. The van der Waals surface area contributed by atoms with Gasteiger partial charge < -0.3 is 19.8 Å². The number of carbonyl (C=O) groups is 4. The van der Waals surface area contributed by atoms with Crippen LogP contribution in [0.3, 0.4) is 0 Å². The van der Waals surface area contributed by atoms with E-state index < -0.39 is 48.0 Å². The van der Waals surface area contributed by atoms with E-state index in [2.05, 4.69) is 4.98 Å². The number of thiazole rings is 1. The number of carboxylic acids is 1. The Morgan fingerprint density at radius 1 is 0.952 bits per heavy atom. The fourth-order valence-corrected chi connectivity index (χ4v) is 6.11. The van der Waals surface area contributed by atoms with E-state index in [9.17, 15) is 19.2 Å². The number of anilines is 1. The second-order valence-corrected chi connectivity index (χ2v) is 11.1. The molecule has 2 aromatic carbocycles. The number of fused-ring (bicyclic) bond motifs is 1. The van der Waals surface area contributed by atoms with Crippen molar-refractivity contribution in [2.75, 3.05) is 37.6 Å². The molecule has 0 unspecified atom stereocenters. The van der Waals surface area contributed by atoms with Crippen molar-refractivity contribution in [2.24, 2.45) is 0 Å². The summed E-state index contributed by atoms with van der Waals surface area (Å²) >= 11 is 1.21. The lowest BCUT2D eigenvalue weighted by Crippen LogP contribution is -2.50. The third-order valence-electron chi connectivity index (χ3n) is 7.30. The number of hydrogen-bond donors (Lipinski definition) is 1. The summed E-state index contributed by atoms with van der Waals surface area (Å²) in [7, 11) is 0. The van der Waals surface area contributed by atoms with Crippen molar-refractivity contribution in [2.45, 2.75) is 25.7 Å². The summed E-state index contributed by atoms with van der Waals surface area (Å²) in [4.78, 5) is 58.8. The van der Waals surface area contributed by atoms with Crippen LogP contribution >= 0.6 is 11.3 Å². The van der Waals surface area contributed by atoms with Crippen LogP contribution in [0.2, 0.25) is 0 Å². The number of alkyl halides is 2. The zero-order valence-electron chi connectivity index (χ0n) is 22.8. The van der Waals surface area contributed by atoms with Gasteiger partial charge in [0.1, 0.15) is 16.3 Å². The summed E-state index contributed by atoms with van der Waals surface area (Å²) in [5.41, 5.74) is 1.24. The van der Waals surface area contributed by atoms with Crippen LogP contribution in [0.4, 0.5) is 14.5 Å². The normalized spacial score (nSPS) is 17.5. The number of nitrogens with zero attached hydrogens (tertiary/aromatic N) is 4. The fraction of sp³-hybridized carbons (Fsp3) is 0.300. The first-order valence-corrected chi connectivity index (χ1v) is 14.2. The quantitative estimate of drug-likeness (QED) is 0.348. The molecule has 5 rings (SSSR count). The number of aromatic nitrogens is 1. The summed E-state index contributed by atoms with van der Waals surface area (Å²) in [6.07, 6.45) is -0.411. The van der Waals surface area contributed by atoms with E-state index in [0.29, 0.717) is 15.6 Å². The van der Waals surface area contributed by atoms with Crippen molar-refractivity contribution in [1.29, 1.82) is 0 Å². The predicted octanol–water partition coefficient (Wildman–Crippen LogP) is 4.33. The number of piperazine rings is 1. The molecule has 0 aliphatic carbocycles. The maximum atomic E-state index is 15.7. The first-order chi connectivity index (χ1) is 20.0. The molecule has 1 aromatic heterocycles. The van der Waals surface area contributed by atoms with Crippen LogP contribution in [0.5, 0.6) is 0 Å². The Balaban J connectivity index is 1.42. The molecule has 0 saturated carbocycles. The fourth-order valence-electron chi connectivity index (χ4n) is 5.09. The van der Waals surface area contributed by atoms with Crippen LogP contribution in [0.25, 0.3) is 16.1 Å².